The minimum atomic E-state index is -0.270. The first kappa shape index (κ1) is 17.4. The number of hydrazone groups is 1. The summed E-state index contributed by atoms with van der Waals surface area (Å²) in [6.07, 6.45) is 5.13. The predicted molar refractivity (Wildman–Crippen MR) is 104 cm³/mol. The number of aryl methyl sites for hydroxylation is 1. The summed E-state index contributed by atoms with van der Waals surface area (Å²) in [4.78, 5) is 16.9. The van der Waals surface area contributed by atoms with Crippen LogP contribution in [0.3, 0.4) is 0 Å². The highest BCUT2D eigenvalue weighted by atomic mass is 16.5. The summed E-state index contributed by atoms with van der Waals surface area (Å²) in [6, 6.07) is 17.0. The van der Waals surface area contributed by atoms with Crippen molar-refractivity contribution in [2.24, 2.45) is 5.10 Å². The van der Waals surface area contributed by atoms with Gasteiger partial charge in [-0.15, -0.1) is 0 Å². The second-order valence-electron chi connectivity index (χ2n) is 5.65. The molecule has 0 aliphatic heterocycles. The third-order valence-electron chi connectivity index (χ3n) is 3.83. The van der Waals surface area contributed by atoms with E-state index in [1.807, 2.05) is 61.5 Å². The average molecular weight is 345 g/mol. The molecule has 1 amide bonds. The monoisotopic (exact) mass is 345 g/mol. The van der Waals surface area contributed by atoms with E-state index in [0.717, 1.165) is 27.9 Å². The van der Waals surface area contributed by atoms with Gasteiger partial charge in [0.05, 0.1) is 18.2 Å². The Kier molecular flexibility index (Phi) is 5.39. The molecule has 0 fully saturated rings. The Labute approximate surface area is 152 Å². The SMILES string of the molecule is COc1ccccc1/C=C\C=NNC(=O)c1cc(C)nc2ccccc12. The maximum atomic E-state index is 12.4. The molecule has 2 aromatic carbocycles. The molecule has 3 rings (SSSR count). The molecule has 3 aromatic rings. The van der Waals surface area contributed by atoms with Crippen molar-refractivity contribution in [2.45, 2.75) is 6.92 Å². The first-order valence-electron chi connectivity index (χ1n) is 8.18. The van der Waals surface area contributed by atoms with Gasteiger partial charge >= 0.3 is 0 Å². The smallest absolute Gasteiger partial charge is 0.272 e. The van der Waals surface area contributed by atoms with Gasteiger partial charge in [0, 0.05) is 22.9 Å². The standard InChI is InChI=1S/C21H19N3O2/c1-15-14-18(17-10-4-5-11-19(17)23-15)21(25)24-22-13-7-9-16-8-3-6-12-20(16)26-2/h3-14H,1-2H3,(H,24,25)/b9-7-,22-13?. The molecule has 0 saturated heterocycles. The number of pyridine rings is 1. The zero-order chi connectivity index (χ0) is 18.4. The second kappa shape index (κ2) is 8.07. The van der Waals surface area contributed by atoms with Crippen LogP contribution in [0.2, 0.25) is 0 Å². The lowest BCUT2D eigenvalue weighted by molar-refractivity contribution is 0.0956. The normalized spacial score (nSPS) is 11.3. The molecule has 0 atom stereocenters. The van der Waals surface area contributed by atoms with E-state index in [0.29, 0.717) is 5.56 Å². The Morgan fingerprint density at radius 3 is 2.77 bits per heavy atom. The number of aromatic nitrogens is 1. The molecule has 5 nitrogen and oxygen atoms in total. The van der Waals surface area contributed by atoms with E-state index >= 15 is 0 Å². The summed E-state index contributed by atoms with van der Waals surface area (Å²) in [5.74, 6) is 0.508. The summed E-state index contributed by atoms with van der Waals surface area (Å²) in [5.41, 5.74) is 5.62. The van der Waals surface area contributed by atoms with Crippen molar-refractivity contribution < 1.29 is 9.53 Å². The molecule has 0 unspecified atom stereocenters. The van der Waals surface area contributed by atoms with Crippen LogP contribution in [0.25, 0.3) is 17.0 Å². The molecule has 0 aliphatic carbocycles. The van der Waals surface area contributed by atoms with Crippen LogP contribution in [-0.2, 0) is 0 Å². The Hall–Kier alpha value is -3.47. The number of nitrogens with zero attached hydrogens (tertiary/aromatic N) is 2. The number of rotatable bonds is 5. The van der Waals surface area contributed by atoms with E-state index in [2.05, 4.69) is 15.5 Å². The molecule has 0 bridgehead atoms. The van der Waals surface area contributed by atoms with E-state index in [4.69, 9.17) is 4.74 Å². The van der Waals surface area contributed by atoms with E-state index in [-0.39, 0.29) is 5.91 Å². The first-order chi connectivity index (χ1) is 12.7. The van der Waals surface area contributed by atoms with Crippen molar-refractivity contribution in [3.05, 3.63) is 77.5 Å². The Morgan fingerprint density at radius 1 is 1.15 bits per heavy atom. The lowest BCUT2D eigenvalue weighted by Gasteiger charge is -2.06. The van der Waals surface area contributed by atoms with Gasteiger partial charge < -0.3 is 4.74 Å². The molecule has 5 heteroatoms. The highest BCUT2D eigenvalue weighted by Gasteiger charge is 2.10. The van der Waals surface area contributed by atoms with Crippen LogP contribution in [0.5, 0.6) is 5.75 Å². The second-order valence-corrected chi connectivity index (χ2v) is 5.65. The highest BCUT2D eigenvalue weighted by Crippen LogP contribution is 2.19. The van der Waals surface area contributed by atoms with Gasteiger partial charge in [0.25, 0.3) is 5.91 Å². The summed E-state index contributed by atoms with van der Waals surface area (Å²) < 4.78 is 5.28. The van der Waals surface area contributed by atoms with Crippen LogP contribution in [0, 0.1) is 6.92 Å². The number of amides is 1. The molecule has 0 aliphatic rings. The van der Waals surface area contributed by atoms with Gasteiger partial charge in [0.15, 0.2) is 0 Å². The molecule has 0 saturated carbocycles. The number of nitrogens with one attached hydrogen (secondary N) is 1. The van der Waals surface area contributed by atoms with E-state index in [1.165, 1.54) is 6.21 Å². The summed E-state index contributed by atoms with van der Waals surface area (Å²) >= 11 is 0. The van der Waals surface area contributed by atoms with Crippen molar-refractivity contribution in [3.8, 4) is 5.75 Å². The molecule has 26 heavy (non-hydrogen) atoms. The van der Waals surface area contributed by atoms with Gasteiger partial charge in [-0.3, -0.25) is 9.78 Å². The van der Waals surface area contributed by atoms with Crippen molar-refractivity contribution in [2.75, 3.05) is 7.11 Å². The fourth-order valence-corrected chi connectivity index (χ4v) is 2.65. The molecule has 0 radical (unpaired) electrons. The van der Waals surface area contributed by atoms with Crippen molar-refractivity contribution in [1.82, 2.24) is 10.4 Å². The first-order valence-corrected chi connectivity index (χ1v) is 8.18. The van der Waals surface area contributed by atoms with Crippen molar-refractivity contribution >= 4 is 29.1 Å². The predicted octanol–water partition coefficient (Wildman–Crippen LogP) is 3.98. The van der Waals surface area contributed by atoms with Gasteiger partial charge in [-0.2, -0.15) is 5.10 Å². The van der Waals surface area contributed by atoms with Gasteiger partial charge in [-0.25, -0.2) is 5.43 Å². The molecule has 130 valence electrons. The molecule has 1 N–H and O–H groups in total. The number of hydrogen-bond acceptors (Lipinski definition) is 4. The van der Waals surface area contributed by atoms with Crippen LogP contribution in [-0.4, -0.2) is 24.2 Å². The summed E-state index contributed by atoms with van der Waals surface area (Å²) in [7, 11) is 1.63. The number of allylic oxidation sites excluding steroid dienone is 1. The molecule has 0 spiro atoms. The minimum Gasteiger partial charge on any atom is -0.496 e. The van der Waals surface area contributed by atoms with Crippen LogP contribution in [0.4, 0.5) is 0 Å². The Balaban J connectivity index is 1.71. The maximum Gasteiger partial charge on any atom is 0.272 e. The third-order valence-corrected chi connectivity index (χ3v) is 3.83. The third kappa shape index (κ3) is 3.95. The van der Waals surface area contributed by atoms with E-state index in [1.54, 1.807) is 19.3 Å². The molecule has 1 heterocycles. The van der Waals surface area contributed by atoms with Crippen LogP contribution in [0.15, 0.2) is 65.8 Å². The largest absolute Gasteiger partial charge is 0.496 e. The number of methoxy groups -OCH3 is 1. The quantitative estimate of drug-likeness (QED) is 0.562. The van der Waals surface area contributed by atoms with Crippen molar-refractivity contribution in [1.29, 1.82) is 0 Å². The zero-order valence-corrected chi connectivity index (χ0v) is 14.6. The fraction of sp³-hybridized carbons (Fsp3) is 0.0952. The molecule has 1 aromatic heterocycles. The minimum absolute atomic E-state index is 0.270. The number of para-hydroxylation sites is 2. The van der Waals surface area contributed by atoms with Gasteiger partial charge in [-0.05, 0) is 37.3 Å². The zero-order valence-electron chi connectivity index (χ0n) is 14.6. The van der Waals surface area contributed by atoms with Gasteiger partial charge in [0.1, 0.15) is 5.75 Å². The number of ether oxygens (including phenoxy) is 1. The summed E-state index contributed by atoms with van der Waals surface area (Å²) in [5, 5.41) is 4.78. The van der Waals surface area contributed by atoms with Crippen molar-refractivity contribution in [3.63, 3.8) is 0 Å². The highest BCUT2D eigenvalue weighted by molar-refractivity contribution is 6.06. The lowest BCUT2D eigenvalue weighted by Crippen LogP contribution is -2.18. The van der Waals surface area contributed by atoms with E-state index in [9.17, 15) is 4.79 Å². The molecular formula is C21H19N3O2. The number of carbonyl (C=O) groups is 1. The number of hydrogen-bond donors (Lipinski definition) is 1. The topological polar surface area (TPSA) is 63.6 Å². The number of benzene rings is 2. The number of fused-ring (bicyclic) bond motifs is 1. The Bertz CT molecular complexity index is 993. The van der Waals surface area contributed by atoms with Crippen LogP contribution in [0.1, 0.15) is 21.6 Å². The van der Waals surface area contributed by atoms with Crippen LogP contribution >= 0.6 is 0 Å². The van der Waals surface area contributed by atoms with Gasteiger partial charge in [-0.1, -0.05) is 36.4 Å². The summed E-state index contributed by atoms with van der Waals surface area (Å²) in [6.45, 7) is 1.86. The van der Waals surface area contributed by atoms with Gasteiger partial charge in [0.2, 0.25) is 0 Å². The average Bonchev–Trinajstić information content (AvgIpc) is 2.67. The number of carbonyl (C=O) groups excluding carboxylic acids is 1. The van der Waals surface area contributed by atoms with E-state index < -0.39 is 0 Å². The van der Waals surface area contributed by atoms with Crippen LogP contribution < -0.4 is 10.2 Å². The molecular weight excluding hydrogens is 326 g/mol. The maximum absolute atomic E-state index is 12.4. The lowest BCUT2D eigenvalue weighted by atomic mass is 10.1. The Morgan fingerprint density at radius 2 is 1.92 bits per heavy atom. The fourth-order valence-electron chi connectivity index (χ4n) is 2.65.